The van der Waals surface area contributed by atoms with Gasteiger partial charge in [-0.25, -0.2) is 15.0 Å². The van der Waals surface area contributed by atoms with Crippen molar-refractivity contribution in [3.8, 4) is 0 Å². The molecule has 3 aromatic heterocycles. The summed E-state index contributed by atoms with van der Waals surface area (Å²) in [5.41, 5.74) is 1.31. The highest BCUT2D eigenvalue weighted by atomic mass is 32.1. The van der Waals surface area contributed by atoms with E-state index in [2.05, 4.69) is 33.8 Å². The lowest BCUT2D eigenvalue weighted by atomic mass is 10.2. The molecule has 1 aliphatic rings. The maximum atomic E-state index is 4.81. The second-order valence-electron chi connectivity index (χ2n) is 6.16. The van der Waals surface area contributed by atoms with Crippen LogP contribution in [0.4, 0.5) is 5.82 Å². The van der Waals surface area contributed by atoms with E-state index in [4.69, 9.17) is 4.98 Å². The summed E-state index contributed by atoms with van der Waals surface area (Å²) in [7, 11) is 0. The Balaban J connectivity index is 1.78. The Hall–Kier alpha value is -2.02. The molecule has 0 spiro atoms. The predicted octanol–water partition coefficient (Wildman–Crippen LogP) is 2.88. The van der Waals surface area contributed by atoms with Gasteiger partial charge in [0.1, 0.15) is 29.1 Å². The van der Waals surface area contributed by atoms with Gasteiger partial charge < -0.3 is 4.90 Å². The van der Waals surface area contributed by atoms with Gasteiger partial charge in [-0.2, -0.15) is 5.10 Å². The van der Waals surface area contributed by atoms with Gasteiger partial charge in [-0.15, -0.1) is 11.3 Å². The number of aromatic nitrogens is 5. The quantitative estimate of drug-likeness (QED) is 0.740. The zero-order valence-electron chi connectivity index (χ0n) is 13.7. The average Bonchev–Trinajstić information content (AvgIpc) is 3.22. The maximum Gasteiger partial charge on any atom is 0.141 e. The molecule has 0 aromatic carbocycles. The van der Waals surface area contributed by atoms with Crippen LogP contribution < -0.4 is 4.90 Å². The molecule has 23 heavy (non-hydrogen) atoms. The maximum absolute atomic E-state index is 4.81. The number of aryl methyl sites for hydroxylation is 3. The van der Waals surface area contributed by atoms with Crippen LogP contribution in [0.2, 0.25) is 0 Å². The van der Waals surface area contributed by atoms with E-state index in [1.54, 1.807) is 24.0 Å². The predicted molar refractivity (Wildman–Crippen MR) is 92.0 cm³/mol. The largest absolute Gasteiger partial charge is 0.351 e. The average molecular weight is 328 g/mol. The molecular weight excluding hydrogens is 308 g/mol. The Labute approximate surface area is 139 Å². The third kappa shape index (κ3) is 2.49. The van der Waals surface area contributed by atoms with Crippen LogP contribution in [-0.2, 0) is 6.54 Å². The van der Waals surface area contributed by atoms with Crippen molar-refractivity contribution in [2.45, 2.75) is 46.2 Å². The lowest BCUT2D eigenvalue weighted by molar-refractivity contribution is 0.506. The number of thiophene rings is 1. The van der Waals surface area contributed by atoms with Crippen molar-refractivity contribution in [1.82, 2.24) is 24.7 Å². The minimum Gasteiger partial charge on any atom is -0.351 e. The SMILES string of the molecule is Cc1nc(N2CCC[C@@H]2Cn2cncn2)c2c(C)c(C)sc2n1. The molecule has 1 saturated heterocycles. The van der Waals surface area contributed by atoms with Crippen molar-refractivity contribution in [3.63, 3.8) is 0 Å². The van der Waals surface area contributed by atoms with Crippen molar-refractivity contribution >= 4 is 27.4 Å². The molecule has 0 radical (unpaired) electrons. The normalized spacial score (nSPS) is 18.2. The highest BCUT2D eigenvalue weighted by Crippen LogP contribution is 2.37. The summed E-state index contributed by atoms with van der Waals surface area (Å²) in [6, 6.07) is 0.411. The van der Waals surface area contributed by atoms with Crippen LogP contribution >= 0.6 is 11.3 Å². The third-order valence-electron chi connectivity index (χ3n) is 4.63. The summed E-state index contributed by atoms with van der Waals surface area (Å²) < 4.78 is 1.92. The summed E-state index contributed by atoms with van der Waals surface area (Å²) in [6.45, 7) is 8.22. The van der Waals surface area contributed by atoms with Gasteiger partial charge in [0.2, 0.25) is 0 Å². The Morgan fingerprint density at radius 3 is 2.91 bits per heavy atom. The molecule has 7 heteroatoms. The Bertz CT molecular complexity index is 838. The summed E-state index contributed by atoms with van der Waals surface area (Å²) in [5, 5.41) is 5.48. The smallest absolute Gasteiger partial charge is 0.141 e. The zero-order valence-corrected chi connectivity index (χ0v) is 14.5. The van der Waals surface area contributed by atoms with Gasteiger partial charge >= 0.3 is 0 Å². The van der Waals surface area contributed by atoms with Crippen LogP contribution in [0.15, 0.2) is 12.7 Å². The standard InChI is InChI=1S/C16H20N6S/c1-10-11(2)23-16-14(10)15(19-12(3)20-16)22-6-4-5-13(22)7-21-9-17-8-18-21/h8-9,13H,4-7H2,1-3H3/t13-/m1/s1. The van der Waals surface area contributed by atoms with Crippen LogP contribution in [-0.4, -0.2) is 37.3 Å². The van der Waals surface area contributed by atoms with Crippen LogP contribution in [0.5, 0.6) is 0 Å². The third-order valence-corrected chi connectivity index (χ3v) is 5.74. The molecule has 0 amide bonds. The number of hydrogen-bond donors (Lipinski definition) is 0. The van der Waals surface area contributed by atoms with Gasteiger partial charge in [0.25, 0.3) is 0 Å². The molecule has 0 aliphatic carbocycles. The molecule has 1 aliphatic heterocycles. The van der Waals surface area contributed by atoms with E-state index in [9.17, 15) is 0 Å². The van der Waals surface area contributed by atoms with E-state index < -0.39 is 0 Å². The van der Waals surface area contributed by atoms with Crippen LogP contribution in [0, 0.1) is 20.8 Å². The molecule has 1 fully saturated rings. The fraction of sp³-hybridized carbons (Fsp3) is 0.500. The van der Waals surface area contributed by atoms with Crippen molar-refractivity contribution < 1.29 is 0 Å². The second kappa shape index (κ2) is 5.56. The summed E-state index contributed by atoms with van der Waals surface area (Å²) >= 11 is 1.77. The van der Waals surface area contributed by atoms with E-state index in [0.717, 1.165) is 36.0 Å². The van der Waals surface area contributed by atoms with E-state index in [0.29, 0.717) is 6.04 Å². The number of rotatable bonds is 3. The Morgan fingerprint density at radius 2 is 2.13 bits per heavy atom. The number of fused-ring (bicyclic) bond motifs is 1. The van der Waals surface area contributed by atoms with Crippen LogP contribution in [0.1, 0.15) is 29.1 Å². The highest BCUT2D eigenvalue weighted by Gasteiger charge is 2.29. The van der Waals surface area contributed by atoms with Gasteiger partial charge in [-0.3, -0.25) is 4.68 Å². The summed E-state index contributed by atoms with van der Waals surface area (Å²) in [5.74, 6) is 1.94. The molecule has 0 bridgehead atoms. The molecular formula is C16H20N6S. The fourth-order valence-corrected chi connectivity index (χ4v) is 4.46. The zero-order chi connectivity index (χ0) is 16.0. The number of anilines is 1. The van der Waals surface area contributed by atoms with E-state index in [-0.39, 0.29) is 0 Å². The first-order chi connectivity index (χ1) is 11.1. The molecule has 4 heterocycles. The van der Waals surface area contributed by atoms with Crippen molar-refractivity contribution in [1.29, 1.82) is 0 Å². The molecule has 6 nitrogen and oxygen atoms in total. The summed E-state index contributed by atoms with van der Waals surface area (Å²) in [6.07, 6.45) is 5.73. The molecule has 0 saturated carbocycles. The molecule has 0 unspecified atom stereocenters. The lowest BCUT2D eigenvalue weighted by Gasteiger charge is -2.26. The first kappa shape index (κ1) is 14.6. The minimum absolute atomic E-state index is 0.411. The first-order valence-electron chi connectivity index (χ1n) is 7.97. The monoisotopic (exact) mass is 328 g/mol. The van der Waals surface area contributed by atoms with Gasteiger partial charge in [-0.1, -0.05) is 0 Å². The summed E-state index contributed by atoms with van der Waals surface area (Å²) in [4.78, 5) is 18.4. The van der Waals surface area contributed by atoms with Gasteiger partial charge in [-0.05, 0) is 39.2 Å². The van der Waals surface area contributed by atoms with Crippen molar-refractivity contribution in [2.75, 3.05) is 11.4 Å². The van der Waals surface area contributed by atoms with E-state index in [1.165, 1.54) is 22.2 Å². The van der Waals surface area contributed by atoms with Gasteiger partial charge in [0.15, 0.2) is 0 Å². The first-order valence-corrected chi connectivity index (χ1v) is 8.78. The Kier molecular flexibility index (Phi) is 3.52. The molecule has 120 valence electrons. The number of nitrogens with zero attached hydrogens (tertiary/aromatic N) is 6. The van der Waals surface area contributed by atoms with E-state index in [1.807, 2.05) is 11.6 Å². The second-order valence-corrected chi connectivity index (χ2v) is 7.37. The molecule has 0 N–H and O–H groups in total. The Morgan fingerprint density at radius 1 is 1.26 bits per heavy atom. The van der Waals surface area contributed by atoms with E-state index >= 15 is 0 Å². The molecule has 4 rings (SSSR count). The topological polar surface area (TPSA) is 59.7 Å². The van der Waals surface area contributed by atoms with Crippen molar-refractivity contribution in [3.05, 3.63) is 28.9 Å². The molecule has 3 aromatic rings. The van der Waals surface area contributed by atoms with Crippen molar-refractivity contribution in [2.24, 2.45) is 0 Å². The minimum atomic E-state index is 0.411. The van der Waals surface area contributed by atoms with Gasteiger partial charge in [0.05, 0.1) is 18.0 Å². The van der Waals surface area contributed by atoms with Crippen LogP contribution in [0.25, 0.3) is 10.2 Å². The van der Waals surface area contributed by atoms with Crippen LogP contribution in [0.3, 0.4) is 0 Å². The van der Waals surface area contributed by atoms with Gasteiger partial charge in [0, 0.05) is 11.4 Å². The number of hydrogen-bond acceptors (Lipinski definition) is 6. The molecule has 1 atom stereocenters. The lowest BCUT2D eigenvalue weighted by Crippen LogP contribution is -2.34. The highest BCUT2D eigenvalue weighted by molar-refractivity contribution is 7.18. The fourth-order valence-electron chi connectivity index (χ4n) is 3.39.